The number of phenols is 1. The van der Waals surface area contributed by atoms with E-state index in [4.69, 9.17) is 5.11 Å². The molecule has 1 atom stereocenters. The molecule has 15 heavy (non-hydrogen) atoms. The zero-order valence-corrected chi connectivity index (χ0v) is 8.32. The Bertz CT molecular complexity index is 366. The molecule has 0 saturated heterocycles. The number of esters is 1. The van der Waals surface area contributed by atoms with Gasteiger partial charge in [-0.05, 0) is 30.2 Å². The van der Waals surface area contributed by atoms with Gasteiger partial charge in [0, 0.05) is 0 Å². The maximum absolute atomic E-state index is 13.0. The third-order valence-electron chi connectivity index (χ3n) is 2.00. The van der Waals surface area contributed by atoms with Gasteiger partial charge in [-0.1, -0.05) is 0 Å². The Labute approximate surface area is 85.9 Å². The van der Waals surface area contributed by atoms with E-state index >= 15 is 0 Å². The van der Waals surface area contributed by atoms with Gasteiger partial charge in [-0.25, -0.2) is 9.18 Å². The monoisotopic (exact) mass is 214 g/mol. The van der Waals surface area contributed by atoms with Crippen LogP contribution in [0.1, 0.15) is 17.2 Å². The Hall–Kier alpha value is -1.62. The van der Waals surface area contributed by atoms with E-state index < -0.39 is 23.6 Å². The third-order valence-corrected chi connectivity index (χ3v) is 2.00. The van der Waals surface area contributed by atoms with Crippen molar-refractivity contribution in [2.24, 2.45) is 0 Å². The van der Waals surface area contributed by atoms with Gasteiger partial charge in [-0.2, -0.15) is 0 Å². The van der Waals surface area contributed by atoms with Crippen LogP contribution in [0, 0.1) is 12.7 Å². The Morgan fingerprint density at radius 2 is 2.13 bits per heavy atom. The van der Waals surface area contributed by atoms with Gasteiger partial charge in [-0.15, -0.1) is 0 Å². The van der Waals surface area contributed by atoms with Gasteiger partial charge in [0.25, 0.3) is 0 Å². The first-order valence-electron chi connectivity index (χ1n) is 4.22. The fraction of sp³-hybridized carbons (Fsp3) is 0.300. The van der Waals surface area contributed by atoms with Gasteiger partial charge in [0.05, 0.1) is 7.11 Å². The predicted octanol–water partition coefficient (Wildman–Crippen LogP) is 1.05. The third kappa shape index (κ3) is 2.24. The van der Waals surface area contributed by atoms with Crippen LogP contribution in [-0.2, 0) is 9.53 Å². The van der Waals surface area contributed by atoms with E-state index in [2.05, 4.69) is 4.74 Å². The second-order valence-corrected chi connectivity index (χ2v) is 3.10. The second kappa shape index (κ2) is 4.27. The molecule has 0 aliphatic rings. The van der Waals surface area contributed by atoms with Gasteiger partial charge in [0.1, 0.15) is 0 Å². The number of phenolic OH excluding ortho intramolecular Hbond substituents is 1. The van der Waals surface area contributed by atoms with Crippen molar-refractivity contribution in [3.63, 3.8) is 0 Å². The van der Waals surface area contributed by atoms with Crippen LogP contribution >= 0.6 is 0 Å². The van der Waals surface area contributed by atoms with Crippen LogP contribution in [0.4, 0.5) is 4.39 Å². The fourth-order valence-electron chi connectivity index (χ4n) is 1.18. The number of ether oxygens (including phenoxy) is 1. The highest BCUT2D eigenvalue weighted by atomic mass is 19.1. The van der Waals surface area contributed by atoms with Crippen LogP contribution in [0.3, 0.4) is 0 Å². The largest absolute Gasteiger partial charge is 0.505 e. The molecule has 0 aromatic heterocycles. The molecule has 82 valence electrons. The minimum Gasteiger partial charge on any atom is -0.505 e. The summed E-state index contributed by atoms with van der Waals surface area (Å²) in [6.45, 7) is 1.42. The number of aliphatic hydroxyl groups is 1. The molecule has 1 aromatic rings. The summed E-state index contributed by atoms with van der Waals surface area (Å²) in [4.78, 5) is 11.0. The lowest BCUT2D eigenvalue weighted by Gasteiger charge is -2.10. The number of hydrogen-bond acceptors (Lipinski definition) is 4. The fourth-order valence-corrected chi connectivity index (χ4v) is 1.18. The number of benzene rings is 1. The lowest BCUT2D eigenvalue weighted by atomic mass is 10.1. The molecule has 0 amide bonds. The van der Waals surface area contributed by atoms with Crippen molar-refractivity contribution < 1.29 is 24.1 Å². The minimum absolute atomic E-state index is 0.0956. The molecule has 0 aliphatic carbocycles. The van der Waals surface area contributed by atoms with Crippen molar-refractivity contribution >= 4 is 5.97 Å². The number of carbonyl (C=O) groups is 1. The lowest BCUT2D eigenvalue weighted by molar-refractivity contribution is -0.150. The quantitative estimate of drug-likeness (QED) is 0.722. The number of hydrogen-bond donors (Lipinski definition) is 2. The van der Waals surface area contributed by atoms with Gasteiger partial charge in [0.15, 0.2) is 17.7 Å². The topological polar surface area (TPSA) is 66.8 Å². The van der Waals surface area contributed by atoms with E-state index in [1.165, 1.54) is 13.0 Å². The summed E-state index contributed by atoms with van der Waals surface area (Å²) in [6.07, 6.45) is -1.51. The highest BCUT2D eigenvalue weighted by molar-refractivity contribution is 5.76. The van der Waals surface area contributed by atoms with Crippen LogP contribution in [0.25, 0.3) is 0 Å². The van der Waals surface area contributed by atoms with E-state index in [1.54, 1.807) is 0 Å². The molecule has 1 unspecified atom stereocenters. The summed E-state index contributed by atoms with van der Waals surface area (Å²) in [5, 5.41) is 18.6. The molecule has 4 nitrogen and oxygen atoms in total. The molecular formula is C10H11FO4. The van der Waals surface area contributed by atoms with E-state index in [9.17, 15) is 14.3 Å². The molecule has 0 bridgehead atoms. The van der Waals surface area contributed by atoms with Crippen LogP contribution < -0.4 is 0 Å². The van der Waals surface area contributed by atoms with E-state index in [0.29, 0.717) is 0 Å². The summed E-state index contributed by atoms with van der Waals surface area (Å²) < 4.78 is 17.3. The second-order valence-electron chi connectivity index (χ2n) is 3.10. The molecule has 0 fully saturated rings. The number of halogens is 1. The highest BCUT2D eigenvalue weighted by Gasteiger charge is 2.20. The predicted molar refractivity (Wildman–Crippen MR) is 49.8 cm³/mol. The molecule has 0 saturated carbocycles. The Kier molecular flexibility index (Phi) is 3.26. The molecule has 0 spiro atoms. The number of methoxy groups -OCH3 is 1. The van der Waals surface area contributed by atoms with Gasteiger partial charge in [-0.3, -0.25) is 0 Å². The van der Waals surface area contributed by atoms with Crippen LogP contribution in [-0.4, -0.2) is 23.3 Å². The van der Waals surface area contributed by atoms with E-state index in [-0.39, 0.29) is 11.1 Å². The molecule has 0 aliphatic heterocycles. The highest BCUT2D eigenvalue weighted by Crippen LogP contribution is 2.25. The zero-order valence-electron chi connectivity index (χ0n) is 8.32. The lowest BCUT2D eigenvalue weighted by Crippen LogP contribution is -2.13. The molecule has 0 radical (unpaired) electrons. The number of aryl methyl sites for hydroxylation is 1. The zero-order chi connectivity index (χ0) is 11.6. The van der Waals surface area contributed by atoms with Crippen molar-refractivity contribution in [1.29, 1.82) is 0 Å². The van der Waals surface area contributed by atoms with Crippen LogP contribution in [0.15, 0.2) is 12.1 Å². The van der Waals surface area contributed by atoms with Crippen molar-refractivity contribution in [2.45, 2.75) is 13.0 Å². The minimum atomic E-state index is -1.51. The Morgan fingerprint density at radius 3 is 2.60 bits per heavy atom. The number of rotatable bonds is 2. The van der Waals surface area contributed by atoms with Crippen molar-refractivity contribution in [2.75, 3.05) is 7.11 Å². The summed E-state index contributed by atoms with van der Waals surface area (Å²) in [6, 6.07) is 2.26. The average molecular weight is 214 g/mol. The summed E-state index contributed by atoms with van der Waals surface area (Å²) in [7, 11) is 1.13. The Morgan fingerprint density at radius 1 is 1.53 bits per heavy atom. The first-order valence-corrected chi connectivity index (χ1v) is 4.22. The van der Waals surface area contributed by atoms with Crippen molar-refractivity contribution in [3.8, 4) is 5.75 Å². The smallest absolute Gasteiger partial charge is 0.339 e. The summed E-state index contributed by atoms with van der Waals surface area (Å²) in [5.41, 5.74) is 0.242. The maximum atomic E-state index is 13.0. The van der Waals surface area contributed by atoms with Crippen molar-refractivity contribution in [1.82, 2.24) is 0 Å². The first-order chi connectivity index (χ1) is 6.97. The standard InChI is InChI=1S/C10H11FO4/c1-5-3-6(4-7(12)8(5)11)9(13)10(14)15-2/h3-4,9,12-13H,1-2H3. The number of aliphatic hydroxyl groups excluding tert-OH is 1. The molecular weight excluding hydrogens is 203 g/mol. The van der Waals surface area contributed by atoms with Gasteiger partial charge >= 0.3 is 5.97 Å². The Balaban J connectivity index is 3.11. The molecule has 5 heteroatoms. The summed E-state index contributed by atoms with van der Waals surface area (Å²) in [5.74, 6) is -2.23. The molecule has 1 rings (SSSR count). The summed E-state index contributed by atoms with van der Waals surface area (Å²) >= 11 is 0. The first kappa shape index (κ1) is 11.5. The van der Waals surface area contributed by atoms with Crippen molar-refractivity contribution in [3.05, 3.63) is 29.1 Å². The number of aromatic hydroxyl groups is 1. The average Bonchev–Trinajstić information content (AvgIpc) is 2.23. The van der Waals surface area contributed by atoms with E-state index in [0.717, 1.165) is 13.2 Å². The number of carbonyl (C=O) groups excluding carboxylic acids is 1. The van der Waals surface area contributed by atoms with Crippen LogP contribution in [0.2, 0.25) is 0 Å². The van der Waals surface area contributed by atoms with Crippen LogP contribution in [0.5, 0.6) is 5.75 Å². The molecule has 2 N–H and O–H groups in total. The van der Waals surface area contributed by atoms with Gasteiger partial charge in [0.2, 0.25) is 0 Å². The SMILES string of the molecule is COC(=O)C(O)c1cc(C)c(F)c(O)c1. The normalized spacial score (nSPS) is 12.3. The maximum Gasteiger partial charge on any atom is 0.339 e. The van der Waals surface area contributed by atoms with Gasteiger partial charge < -0.3 is 14.9 Å². The van der Waals surface area contributed by atoms with E-state index in [1.807, 2.05) is 0 Å². The molecule has 1 aromatic carbocycles. The molecule has 0 heterocycles.